The van der Waals surface area contributed by atoms with Crippen molar-refractivity contribution in [2.24, 2.45) is 5.73 Å². The molecular weight excluding hydrogens is 244 g/mol. The van der Waals surface area contributed by atoms with Crippen LogP contribution < -0.4 is 5.73 Å². The van der Waals surface area contributed by atoms with E-state index in [1.54, 1.807) is 6.92 Å². The molecule has 1 aliphatic heterocycles. The highest BCUT2D eigenvalue weighted by Crippen LogP contribution is 2.36. The molecule has 18 heavy (non-hydrogen) atoms. The minimum atomic E-state index is -0.425. The Kier molecular flexibility index (Phi) is 4.30. The highest BCUT2D eigenvalue weighted by molar-refractivity contribution is 8.00. The average molecular weight is 264 g/mol. The van der Waals surface area contributed by atoms with Gasteiger partial charge in [-0.15, -0.1) is 0 Å². The van der Waals surface area contributed by atoms with Gasteiger partial charge in [-0.25, -0.2) is 0 Å². The first-order chi connectivity index (χ1) is 8.61. The molecule has 0 saturated carbocycles. The van der Waals surface area contributed by atoms with E-state index in [4.69, 9.17) is 5.73 Å². The number of hydrogen-bond acceptors (Lipinski definition) is 3. The van der Waals surface area contributed by atoms with Crippen LogP contribution in [0.3, 0.4) is 0 Å². The van der Waals surface area contributed by atoms with Crippen LogP contribution in [0.2, 0.25) is 0 Å². The molecule has 1 fully saturated rings. The number of hydrogen-bond donors (Lipinski definition) is 1. The molecule has 0 radical (unpaired) electrons. The van der Waals surface area contributed by atoms with Crippen molar-refractivity contribution in [2.45, 2.75) is 31.2 Å². The Morgan fingerprint density at radius 2 is 2.11 bits per heavy atom. The number of benzene rings is 1. The summed E-state index contributed by atoms with van der Waals surface area (Å²) in [5.74, 6) is 1.04. The second-order valence-corrected chi connectivity index (χ2v) is 6.24. The van der Waals surface area contributed by atoms with Gasteiger partial charge >= 0.3 is 0 Å². The zero-order chi connectivity index (χ0) is 13.1. The summed E-state index contributed by atoms with van der Waals surface area (Å²) in [7, 11) is 0. The first-order valence-corrected chi connectivity index (χ1v) is 7.38. The predicted molar refractivity (Wildman–Crippen MR) is 76.5 cm³/mol. The highest BCUT2D eigenvalue weighted by Gasteiger charge is 2.34. The Morgan fingerprint density at radius 3 is 2.72 bits per heavy atom. The third-order valence-corrected chi connectivity index (χ3v) is 4.51. The van der Waals surface area contributed by atoms with E-state index in [0.29, 0.717) is 5.25 Å². The Bertz CT molecular complexity index is 408. The monoisotopic (exact) mass is 264 g/mol. The summed E-state index contributed by atoms with van der Waals surface area (Å²) in [5.41, 5.74) is 6.95. The number of rotatable bonds is 2. The van der Waals surface area contributed by atoms with E-state index >= 15 is 0 Å². The second kappa shape index (κ2) is 5.76. The van der Waals surface area contributed by atoms with Crippen LogP contribution in [-0.4, -0.2) is 34.4 Å². The summed E-state index contributed by atoms with van der Waals surface area (Å²) in [6.07, 6.45) is 0. The number of carbonyl (C=O) groups is 1. The first kappa shape index (κ1) is 13.4. The summed E-state index contributed by atoms with van der Waals surface area (Å²) in [5, 5.41) is 0.406. The molecule has 1 saturated heterocycles. The molecule has 1 heterocycles. The molecule has 1 aromatic carbocycles. The van der Waals surface area contributed by atoms with Crippen molar-refractivity contribution in [2.75, 3.05) is 12.3 Å². The van der Waals surface area contributed by atoms with Crippen molar-refractivity contribution in [1.82, 2.24) is 4.90 Å². The van der Waals surface area contributed by atoms with Crippen molar-refractivity contribution in [1.29, 1.82) is 0 Å². The normalized spacial score (nSPS) is 25.8. The van der Waals surface area contributed by atoms with Gasteiger partial charge in [0.05, 0.1) is 12.1 Å². The second-order valence-electron chi connectivity index (χ2n) is 4.75. The van der Waals surface area contributed by atoms with E-state index in [-0.39, 0.29) is 11.9 Å². The van der Waals surface area contributed by atoms with Gasteiger partial charge in [0.25, 0.3) is 0 Å². The Morgan fingerprint density at radius 1 is 1.44 bits per heavy atom. The molecular formula is C14H20N2OS. The molecule has 0 aromatic heterocycles. The first-order valence-electron chi connectivity index (χ1n) is 6.34. The lowest BCUT2D eigenvalue weighted by Gasteiger charge is -2.40. The molecule has 0 unspecified atom stereocenters. The SMILES string of the molecule is C[C@@H](N)C(=O)N1CCS[C@H](C)[C@@H]1c1ccccc1. The number of thioether (sulfide) groups is 1. The molecule has 98 valence electrons. The number of carbonyl (C=O) groups excluding carboxylic acids is 1. The molecule has 4 heteroatoms. The maximum atomic E-state index is 12.2. The lowest BCUT2D eigenvalue weighted by Crippen LogP contribution is -2.49. The minimum absolute atomic E-state index is 0.0519. The van der Waals surface area contributed by atoms with Gasteiger partial charge in [0.15, 0.2) is 0 Å². The van der Waals surface area contributed by atoms with Gasteiger partial charge in [-0.3, -0.25) is 4.79 Å². The molecule has 1 aromatic rings. The standard InChI is InChI=1S/C14H20N2OS/c1-10(15)14(17)16-8-9-18-11(2)13(16)12-6-4-3-5-7-12/h3-7,10-11,13H,8-9,15H2,1-2H3/t10-,11-,13-/m1/s1. The number of amides is 1. The highest BCUT2D eigenvalue weighted by atomic mass is 32.2. The maximum absolute atomic E-state index is 12.2. The van der Waals surface area contributed by atoms with E-state index in [1.165, 1.54) is 5.56 Å². The smallest absolute Gasteiger partial charge is 0.239 e. The third-order valence-electron chi connectivity index (χ3n) is 3.31. The molecule has 1 aliphatic rings. The molecule has 3 atom stereocenters. The van der Waals surface area contributed by atoms with E-state index in [9.17, 15) is 4.79 Å². The Labute approximate surface area is 113 Å². The van der Waals surface area contributed by atoms with Crippen LogP contribution in [0.1, 0.15) is 25.5 Å². The van der Waals surface area contributed by atoms with Crippen molar-refractivity contribution < 1.29 is 4.79 Å². The van der Waals surface area contributed by atoms with Crippen molar-refractivity contribution in [3.05, 3.63) is 35.9 Å². The molecule has 3 nitrogen and oxygen atoms in total. The summed E-state index contributed by atoms with van der Waals surface area (Å²) in [6, 6.07) is 9.95. The number of nitrogens with two attached hydrogens (primary N) is 1. The summed E-state index contributed by atoms with van der Waals surface area (Å²) in [4.78, 5) is 14.2. The average Bonchev–Trinajstić information content (AvgIpc) is 2.38. The number of nitrogens with zero attached hydrogens (tertiary/aromatic N) is 1. The van der Waals surface area contributed by atoms with Gasteiger partial charge in [-0.2, -0.15) is 11.8 Å². The van der Waals surface area contributed by atoms with E-state index in [2.05, 4.69) is 19.1 Å². The lowest BCUT2D eigenvalue weighted by molar-refractivity contribution is -0.134. The molecule has 0 spiro atoms. The van der Waals surface area contributed by atoms with Gasteiger partial charge in [0, 0.05) is 17.5 Å². The zero-order valence-electron chi connectivity index (χ0n) is 10.9. The fourth-order valence-electron chi connectivity index (χ4n) is 2.43. The summed E-state index contributed by atoms with van der Waals surface area (Å²) >= 11 is 1.92. The van der Waals surface area contributed by atoms with Crippen LogP contribution in [0.15, 0.2) is 30.3 Å². The molecule has 1 amide bonds. The molecule has 0 aliphatic carbocycles. The molecule has 2 rings (SSSR count). The Balaban J connectivity index is 2.29. The quantitative estimate of drug-likeness (QED) is 0.889. The molecule has 2 N–H and O–H groups in total. The van der Waals surface area contributed by atoms with Gasteiger partial charge in [-0.05, 0) is 12.5 Å². The molecule has 0 bridgehead atoms. The van der Waals surface area contributed by atoms with Crippen molar-refractivity contribution in [3.63, 3.8) is 0 Å². The lowest BCUT2D eigenvalue weighted by atomic mass is 10.0. The van der Waals surface area contributed by atoms with Crippen molar-refractivity contribution >= 4 is 17.7 Å². The fourth-order valence-corrected chi connectivity index (χ4v) is 3.59. The van der Waals surface area contributed by atoms with Gasteiger partial charge < -0.3 is 10.6 Å². The van der Waals surface area contributed by atoms with Gasteiger partial charge in [0.1, 0.15) is 0 Å². The van der Waals surface area contributed by atoms with E-state index < -0.39 is 6.04 Å². The van der Waals surface area contributed by atoms with Crippen LogP contribution in [0.5, 0.6) is 0 Å². The third kappa shape index (κ3) is 2.70. The van der Waals surface area contributed by atoms with Crippen LogP contribution in [-0.2, 0) is 4.79 Å². The largest absolute Gasteiger partial charge is 0.332 e. The maximum Gasteiger partial charge on any atom is 0.239 e. The van der Waals surface area contributed by atoms with Gasteiger partial charge in [0.2, 0.25) is 5.91 Å². The van der Waals surface area contributed by atoms with Crippen LogP contribution in [0.25, 0.3) is 0 Å². The predicted octanol–water partition coefficient (Wildman–Crippen LogP) is 2.04. The van der Waals surface area contributed by atoms with E-state index in [1.807, 2.05) is 34.9 Å². The van der Waals surface area contributed by atoms with Crippen LogP contribution in [0.4, 0.5) is 0 Å². The summed E-state index contributed by atoms with van der Waals surface area (Å²) in [6.45, 7) is 4.73. The Hall–Kier alpha value is -1.00. The van der Waals surface area contributed by atoms with Crippen molar-refractivity contribution in [3.8, 4) is 0 Å². The zero-order valence-corrected chi connectivity index (χ0v) is 11.7. The van der Waals surface area contributed by atoms with Crippen LogP contribution >= 0.6 is 11.8 Å². The van der Waals surface area contributed by atoms with Crippen LogP contribution in [0, 0.1) is 0 Å². The van der Waals surface area contributed by atoms with Gasteiger partial charge in [-0.1, -0.05) is 37.3 Å². The van der Waals surface area contributed by atoms with E-state index in [0.717, 1.165) is 12.3 Å². The fraction of sp³-hybridized carbons (Fsp3) is 0.500. The minimum Gasteiger partial charge on any atom is -0.332 e. The topological polar surface area (TPSA) is 46.3 Å². The summed E-state index contributed by atoms with van der Waals surface area (Å²) < 4.78 is 0.